The minimum absolute atomic E-state index is 0.182. The summed E-state index contributed by atoms with van der Waals surface area (Å²) in [5.41, 5.74) is 2.74. The standard InChI is InChI=1S/C24H19Cl2N3O2/c1-14(15-7-3-2-4-8-15)27-23(30)17-9-5-6-10-20(17)29-24(31)22-13-18-19(26)11-16(25)12-21(18)28-22/h2-14,28H,1H3,(H,27,30)(H,29,31). The maximum Gasteiger partial charge on any atom is 0.272 e. The molecule has 3 N–H and O–H groups in total. The van der Waals surface area contributed by atoms with E-state index in [2.05, 4.69) is 15.6 Å². The zero-order valence-electron chi connectivity index (χ0n) is 16.6. The van der Waals surface area contributed by atoms with Crippen molar-refractivity contribution in [2.45, 2.75) is 13.0 Å². The molecule has 0 fully saturated rings. The van der Waals surface area contributed by atoms with E-state index in [0.29, 0.717) is 37.9 Å². The second-order valence-corrected chi connectivity index (χ2v) is 7.98. The predicted octanol–water partition coefficient (Wildman–Crippen LogP) is 6.22. The van der Waals surface area contributed by atoms with Crippen LogP contribution >= 0.6 is 23.2 Å². The molecule has 0 saturated heterocycles. The fraction of sp³-hybridized carbons (Fsp3) is 0.0833. The Bertz CT molecular complexity index is 1270. The smallest absolute Gasteiger partial charge is 0.272 e. The van der Waals surface area contributed by atoms with Crippen molar-refractivity contribution in [1.29, 1.82) is 0 Å². The number of hydrogen-bond donors (Lipinski definition) is 3. The van der Waals surface area contributed by atoms with E-state index in [4.69, 9.17) is 23.2 Å². The number of aromatic amines is 1. The molecule has 7 heteroatoms. The maximum absolute atomic E-state index is 12.9. The number of para-hydroxylation sites is 1. The molecule has 3 aromatic carbocycles. The number of benzene rings is 3. The van der Waals surface area contributed by atoms with Crippen molar-refractivity contribution in [3.8, 4) is 0 Å². The van der Waals surface area contributed by atoms with Gasteiger partial charge in [-0.3, -0.25) is 9.59 Å². The zero-order valence-corrected chi connectivity index (χ0v) is 18.1. The monoisotopic (exact) mass is 451 g/mol. The summed E-state index contributed by atoms with van der Waals surface area (Å²) in [7, 11) is 0. The van der Waals surface area contributed by atoms with Crippen LogP contribution < -0.4 is 10.6 Å². The van der Waals surface area contributed by atoms with E-state index < -0.39 is 0 Å². The molecule has 0 saturated carbocycles. The summed E-state index contributed by atoms with van der Waals surface area (Å²) < 4.78 is 0. The average molecular weight is 452 g/mol. The first kappa shape index (κ1) is 21.0. The predicted molar refractivity (Wildman–Crippen MR) is 125 cm³/mol. The maximum atomic E-state index is 12.9. The number of nitrogens with one attached hydrogen (secondary N) is 3. The molecule has 156 valence electrons. The Morgan fingerprint density at radius 1 is 0.903 bits per heavy atom. The van der Waals surface area contributed by atoms with Crippen LogP contribution in [-0.2, 0) is 0 Å². The number of rotatable bonds is 5. The van der Waals surface area contributed by atoms with E-state index in [1.807, 2.05) is 37.3 Å². The highest BCUT2D eigenvalue weighted by Crippen LogP contribution is 2.29. The Balaban J connectivity index is 1.55. The fourth-order valence-electron chi connectivity index (χ4n) is 3.36. The lowest BCUT2D eigenvalue weighted by Crippen LogP contribution is -2.28. The van der Waals surface area contributed by atoms with Crippen molar-refractivity contribution in [2.75, 3.05) is 5.32 Å². The molecule has 0 aliphatic rings. The van der Waals surface area contributed by atoms with Crippen LogP contribution in [-0.4, -0.2) is 16.8 Å². The van der Waals surface area contributed by atoms with Crippen LogP contribution in [0.25, 0.3) is 10.9 Å². The first-order valence-corrected chi connectivity index (χ1v) is 10.4. The second kappa shape index (κ2) is 8.84. The van der Waals surface area contributed by atoms with Crippen molar-refractivity contribution in [3.63, 3.8) is 0 Å². The molecule has 0 aliphatic carbocycles. The minimum Gasteiger partial charge on any atom is -0.350 e. The third kappa shape index (κ3) is 4.58. The first-order valence-electron chi connectivity index (χ1n) is 9.66. The summed E-state index contributed by atoms with van der Waals surface area (Å²) in [6.45, 7) is 1.91. The Labute approximate surface area is 189 Å². The van der Waals surface area contributed by atoms with Gasteiger partial charge in [-0.2, -0.15) is 0 Å². The van der Waals surface area contributed by atoms with Crippen molar-refractivity contribution in [2.24, 2.45) is 0 Å². The van der Waals surface area contributed by atoms with Gasteiger partial charge in [0.15, 0.2) is 0 Å². The van der Waals surface area contributed by atoms with Crippen LogP contribution in [0.5, 0.6) is 0 Å². The Morgan fingerprint density at radius 2 is 1.61 bits per heavy atom. The SMILES string of the molecule is CC(NC(=O)c1ccccc1NC(=O)c1cc2c(Cl)cc(Cl)cc2[nH]1)c1ccccc1. The van der Waals surface area contributed by atoms with Gasteiger partial charge in [0.25, 0.3) is 11.8 Å². The molecule has 31 heavy (non-hydrogen) atoms. The lowest BCUT2D eigenvalue weighted by Gasteiger charge is -2.16. The van der Waals surface area contributed by atoms with Crippen LogP contribution in [0.2, 0.25) is 10.0 Å². The van der Waals surface area contributed by atoms with E-state index in [9.17, 15) is 9.59 Å². The lowest BCUT2D eigenvalue weighted by atomic mass is 10.1. The molecule has 1 heterocycles. The number of fused-ring (bicyclic) bond motifs is 1. The van der Waals surface area contributed by atoms with Gasteiger partial charge in [0.05, 0.1) is 22.3 Å². The van der Waals surface area contributed by atoms with Crippen molar-refractivity contribution in [1.82, 2.24) is 10.3 Å². The van der Waals surface area contributed by atoms with Gasteiger partial charge in [-0.15, -0.1) is 0 Å². The molecule has 4 rings (SSSR count). The van der Waals surface area contributed by atoms with E-state index in [1.54, 1.807) is 42.5 Å². The summed E-state index contributed by atoms with van der Waals surface area (Å²) in [5.74, 6) is -0.668. The molecule has 2 amide bonds. The van der Waals surface area contributed by atoms with E-state index in [1.165, 1.54) is 0 Å². The summed E-state index contributed by atoms with van der Waals surface area (Å²) in [4.78, 5) is 28.8. The third-order valence-electron chi connectivity index (χ3n) is 4.96. The van der Waals surface area contributed by atoms with Crippen LogP contribution in [0.3, 0.4) is 0 Å². The molecule has 0 aliphatic heterocycles. The van der Waals surface area contributed by atoms with Crippen LogP contribution in [0.4, 0.5) is 5.69 Å². The summed E-state index contributed by atoms with van der Waals surface area (Å²) in [6, 6.07) is 21.3. The molecule has 0 radical (unpaired) electrons. The largest absolute Gasteiger partial charge is 0.350 e. The number of anilines is 1. The fourth-order valence-corrected chi connectivity index (χ4v) is 3.91. The summed E-state index contributed by atoms with van der Waals surface area (Å²) in [5, 5.41) is 7.40. The average Bonchev–Trinajstić information content (AvgIpc) is 3.19. The molecule has 5 nitrogen and oxygen atoms in total. The molecular weight excluding hydrogens is 433 g/mol. The highest BCUT2D eigenvalue weighted by molar-refractivity contribution is 6.38. The van der Waals surface area contributed by atoms with Gasteiger partial charge in [0.1, 0.15) is 5.69 Å². The number of carbonyl (C=O) groups is 2. The summed E-state index contributed by atoms with van der Waals surface area (Å²) >= 11 is 12.3. The number of hydrogen-bond acceptors (Lipinski definition) is 2. The van der Waals surface area contributed by atoms with Crippen LogP contribution in [0.1, 0.15) is 39.4 Å². The lowest BCUT2D eigenvalue weighted by molar-refractivity contribution is 0.0941. The van der Waals surface area contributed by atoms with E-state index in [-0.39, 0.29) is 17.9 Å². The van der Waals surface area contributed by atoms with E-state index >= 15 is 0 Å². The van der Waals surface area contributed by atoms with Gasteiger partial charge in [-0.25, -0.2) is 0 Å². The molecule has 1 aromatic heterocycles. The molecule has 1 atom stereocenters. The molecular formula is C24H19Cl2N3O2. The first-order chi connectivity index (χ1) is 14.9. The van der Waals surface area contributed by atoms with Gasteiger partial charge in [-0.05, 0) is 42.8 Å². The van der Waals surface area contributed by atoms with Crippen molar-refractivity contribution in [3.05, 3.63) is 99.7 Å². The Kier molecular flexibility index (Phi) is 5.98. The molecule has 4 aromatic rings. The van der Waals surface area contributed by atoms with Crippen molar-refractivity contribution < 1.29 is 9.59 Å². The number of aromatic nitrogens is 1. The van der Waals surface area contributed by atoms with Crippen LogP contribution in [0.15, 0.2) is 72.8 Å². The molecule has 0 spiro atoms. The number of halogens is 2. The highest BCUT2D eigenvalue weighted by Gasteiger charge is 2.18. The summed E-state index contributed by atoms with van der Waals surface area (Å²) in [6.07, 6.45) is 0. The van der Waals surface area contributed by atoms with Crippen LogP contribution in [0, 0.1) is 0 Å². The third-order valence-corrected chi connectivity index (χ3v) is 5.49. The number of carbonyl (C=O) groups excluding carboxylic acids is 2. The van der Waals surface area contributed by atoms with Gasteiger partial charge in [0, 0.05) is 15.9 Å². The highest BCUT2D eigenvalue weighted by atomic mass is 35.5. The van der Waals surface area contributed by atoms with Gasteiger partial charge in [0.2, 0.25) is 0 Å². The number of H-pyrrole nitrogens is 1. The molecule has 0 bridgehead atoms. The molecule has 1 unspecified atom stereocenters. The van der Waals surface area contributed by atoms with Gasteiger partial charge < -0.3 is 15.6 Å². The number of amides is 2. The Hall–Kier alpha value is -3.28. The minimum atomic E-state index is -0.389. The zero-order chi connectivity index (χ0) is 22.0. The normalized spacial score (nSPS) is 11.8. The van der Waals surface area contributed by atoms with E-state index in [0.717, 1.165) is 5.56 Å². The van der Waals surface area contributed by atoms with Crippen molar-refractivity contribution >= 4 is 51.6 Å². The quantitative estimate of drug-likeness (QED) is 0.337. The van der Waals surface area contributed by atoms with Gasteiger partial charge >= 0.3 is 0 Å². The Morgan fingerprint density at radius 3 is 2.39 bits per heavy atom. The second-order valence-electron chi connectivity index (χ2n) is 7.14. The van der Waals surface area contributed by atoms with Gasteiger partial charge in [-0.1, -0.05) is 65.7 Å². The topological polar surface area (TPSA) is 74.0 Å².